The largest absolute Gasteiger partial charge is 0.443 e. The number of hydrogen-bond donors (Lipinski definition) is 0. The molecule has 32 heavy (non-hydrogen) atoms. The second-order valence-corrected chi connectivity index (χ2v) is 8.27. The lowest BCUT2D eigenvalue weighted by atomic mass is 10.0. The van der Waals surface area contributed by atoms with Crippen LogP contribution in [-0.4, -0.2) is 31.9 Å². The Hall–Kier alpha value is -3.48. The van der Waals surface area contributed by atoms with Crippen molar-refractivity contribution in [3.05, 3.63) is 83.6 Å². The lowest BCUT2D eigenvalue weighted by Crippen LogP contribution is -2.40. The number of likely N-dealkylation sites (tertiary alicyclic amines) is 1. The summed E-state index contributed by atoms with van der Waals surface area (Å²) in [5.74, 6) is 1.70. The maximum absolute atomic E-state index is 14.0. The zero-order valence-electron chi connectivity index (χ0n) is 18.0. The van der Waals surface area contributed by atoms with Gasteiger partial charge in [-0.15, -0.1) is 0 Å². The van der Waals surface area contributed by atoms with Crippen molar-refractivity contribution in [2.24, 2.45) is 0 Å². The SMILES string of the molecule is Cc1nc2ccccc2n1CC(=O)N1CCCC[C@H]1c1ncc(Cc2ccccc2F)o1. The lowest BCUT2D eigenvalue weighted by molar-refractivity contribution is -0.136. The van der Waals surface area contributed by atoms with Crippen molar-refractivity contribution < 1.29 is 13.6 Å². The fraction of sp³-hybridized carbons (Fsp3) is 0.320. The molecule has 7 heteroatoms. The molecule has 1 amide bonds. The second kappa shape index (κ2) is 8.57. The Balaban J connectivity index is 1.36. The molecule has 0 aliphatic carbocycles. The number of halogens is 1. The van der Waals surface area contributed by atoms with Gasteiger partial charge in [-0.1, -0.05) is 30.3 Å². The molecule has 6 nitrogen and oxygen atoms in total. The number of aryl methyl sites for hydroxylation is 1. The van der Waals surface area contributed by atoms with E-state index in [2.05, 4.69) is 9.97 Å². The van der Waals surface area contributed by atoms with E-state index in [9.17, 15) is 9.18 Å². The molecule has 5 rings (SSSR count). The number of carbonyl (C=O) groups excluding carboxylic acids is 1. The van der Waals surface area contributed by atoms with Crippen LogP contribution in [0.4, 0.5) is 4.39 Å². The highest BCUT2D eigenvalue weighted by Crippen LogP contribution is 2.31. The number of benzene rings is 2. The molecule has 1 fully saturated rings. The summed E-state index contributed by atoms with van der Waals surface area (Å²) in [6.07, 6.45) is 4.74. The molecule has 0 radical (unpaired) electrons. The molecule has 0 bridgehead atoms. The molecule has 0 spiro atoms. The van der Waals surface area contributed by atoms with Crippen LogP contribution in [0.1, 0.15) is 48.3 Å². The molecule has 0 unspecified atom stereocenters. The Morgan fingerprint density at radius 3 is 2.84 bits per heavy atom. The number of rotatable bonds is 5. The quantitative estimate of drug-likeness (QED) is 0.454. The first-order valence-corrected chi connectivity index (χ1v) is 11.0. The number of aromatic nitrogens is 3. The van der Waals surface area contributed by atoms with Crippen LogP contribution in [-0.2, 0) is 17.8 Å². The van der Waals surface area contributed by atoms with Crippen LogP contribution < -0.4 is 0 Å². The van der Waals surface area contributed by atoms with E-state index >= 15 is 0 Å². The summed E-state index contributed by atoms with van der Waals surface area (Å²) in [5, 5.41) is 0. The van der Waals surface area contributed by atoms with Crippen LogP contribution in [0.2, 0.25) is 0 Å². The van der Waals surface area contributed by atoms with E-state index in [-0.39, 0.29) is 24.3 Å². The smallest absolute Gasteiger partial charge is 0.243 e. The fourth-order valence-corrected chi connectivity index (χ4v) is 4.50. The first-order valence-electron chi connectivity index (χ1n) is 11.0. The van der Waals surface area contributed by atoms with Crippen molar-refractivity contribution in [3.63, 3.8) is 0 Å². The van der Waals surface area contributed by atoms with E-state index in [0.717, 1.165) is 36.1 Å². The van der Waals surface area contributed by atoms with E-state index in [1.807, 2.05) is 40.7 Å². The van der Waals surface area contributed by atoms with Gasteiger partial charge >= 0.3 is 0 Å². The standard InChI is InChI=1S/C25H25FN4O2/c1-17-28-21-10-4-5-11-22(21)30(17)16-24(31)29-13-7-6-12-23(29)25-27-15-19(32-25)14-18-8-2-3-9-20(18)26/h2-5,8-11,15,23H,6-7,12-14,16H2,1H3/t23-/m0/s1. The molecule has 1 aliphatic heterocycles. The molecular weight excluding hydrogens is 407 g/mol. The molecule has 0 N–H and O–H groups in total. The Bertz CT molecular complexity index is 1260. The number of fused-ring (bicyclic) bond motifs is 1. The number of oxazole rings is 1. The maximum Gasteiger partial charge on any atom is 0.243 e. The Kier molecular flexibility index (Phi) is 5.47. The van der Waals surface area contributed by atoms with E-state index in [0.29, 0.717) is 30.2 Å². The normalized spacial score (nSPS) is 16.6. The number of imidazole rings is 1. The van der Waals surface area contributed by atoms with Crippen molar-refractivity contribution in [1.29, 1.82) is 0 Å². The summed E-state index contributed by atoms with van der Waals surface area (Å²) >= 11 is 0. The highest BCUT2D eigenvalue weighted by atomic mass is 19.1. The van der Waals surface area contributed by atoms with Gasteiger partial charge in [0.2, 0.25) is 11.8 Å². The maximum atomic E-state index is 14.0. The highest BCUT2D eigenvalue weighted by Gasteiger charge is 2.32. The molecule has 3 heterocycles. The van der Waals surface area contributed by atoms with Crippen LogP contribution in [0.3, 0.4) is 0 Å². The van der Waals surface area contributed by atoms with E-state index in [1.54, 1.807) is 24.4 Å². The molecule has 2 aromatic heterocycles. The zero-order chi connectivity index (χ0) is 22.1. The highest BCUT2D eigenvalue weighted by molar-refractivity contribution is 5.81. The van der Waals surface area contributed by atoms with Gasteiger partial charge in [0.15, 0.2) is 0 Å². The summed E-state index contributed by atoms with van der Waals surface area (Å²) in [6.45, 7) is 2.82. The minimum atomic E-state index is -0.261. The van der Waals surface area contributed by atoms with Gasteiger partial charge in [0.25, 0.3) is 0 Å². The van der Waals surface area contributed by atoms with Crippen molar-refractivity contribution in [1.82, 2.24) is 19.4 Å². The number of para-hydroxylation sites is 2. The summed E-state index contributed by atoms with van der Waals surface area (Å²) in [5.41, 5.74) is 2.41. The van der Waals surface area contributed by atoms with Crippen molar-refractivity contribution in [2.75, 3.05) is 6.54 Å². The summed E-state index contributed by atoms with van der Waals surface area (Å²) < 4.78 is 22.0. The summed E-state index contributed by atoms with van der Waals surface area (Å²) in [4.78, 5) is 24.2. The van der Waals surface area contributed by atoms with E-state index in [4.69, 9.17) is 4.42 Å². The topological polar surface area (TPSA) is 64.2 Å². The number of piperidine rings is 1. The Morgan fingerprint density at radius 1 is 1.16 bits per heavy atom. The van der Waals surface area contributed by atoms with Crippen LogP contribution in [0.15, 0.2) is 59.1 Å². The van der Waals surface area contributed by atoms with Gasteiger partial charge in [-0.25, -0.2) is 14.4 Å². The van der Waals surface area contributed by atoms with E-state index < -0.39 is 0 Å². The number of hydrogen-bond acceptors (Lipinski definition) is 4. The predicted molar refractivity (Wildman–Crippen MR) is 118 cm³/mol. The third kappa shape index (κ3) is 3.90. The fourth-order valence-electron chi connectivity index (χ4n) is 4.50. The molecule has 164 valence electrons. The first kappa shape index (κ1) is 20.4. The number of nitrogens with zero attached hydrogens (tertiary/aromatic N) is 4. The molecular formula is C25H25FN4O2. The van der Waals surface area contributed by atoms with Gasteiger partial charge < -0.3 is 13.9 Å². The van der Waals surface area contributed by atoms with Crippen molar-refractivity contribution in [2.45, 2.75) is 45.2 Å². The Labute approximate surface area is 185 Å². The van der Waals surface area contributed by atoms with Gasteiger partial charge in [-0.2, -0.15) is 0 Å². The molecule has 0 saturated carbocycles. The van der Waals surface area contributed by atoms with Gasteiger partial charge in [0, 0.05) is 13.0 Å². The molecule has 4 aromatic rings. The van der Waals surface area contributed by atoms with Crippen LogP contribution >= 0.6 is 0 Å². The lowest BCUT2D eigenvalue weighted by Gasteiger charge is -2.34. The minimum Gasteiger partial charge on any atom is -0.443 e. The van der Waals surface area contributed by atoms with Gasteiger partial charge in [0.05, 0.1) is 17.2 Å². The van der Waals surface area contributed by atoms with E-state index in [1.165, 1.54) is 6.07 Å². The van der Waals surface area contributed by atoms with Crippen LogP contribution in [0.5, 0.6) is 0 Å². The first-order chi connectivity index (χ1) is 15.6. The second-order valence-electron chi connectivity index (χ2n) is 8.27. The zero-order valence-corrected chi connectivity index (χ0v) is 18.0. The van der Waals surface area contributed by atoms with Gasteiger partial charge in [-0.3, -0.25) is 4.79 Å². The van der Waals surface area contributed by atoms with Crippen molar-refractivity contribution in [3.8, 4) is 0 Å². The van der Waals surface area contributed by atoms with Crippen molar-refractivity contribution >= 4 is 16.9 Å². The predicted octanol–water partition coefficient (Wildman–Crippen LogP) is 4.82. The third-order valence-electron chi connectivity index (χ3n) is 6.14. The molecule has 2 aromatic carbocycles. The van der Waals surface area contributed by atoms with Gasteiger partial charge in [-0.05, 0) is 49.9 Å². The summed E-state index contributed by atoms with van der Waals surface area (Å²) in [7, 11) is 0. The number of amides is 1. The molecule has 1 atom stereocenters. The third-order valence-corrected chi connectivity index (χ3v) is 6.14. The molecule has 1 aliphatic rings. The average Bonchev–Trinajstić information content (AvgIpc) is 3.40. The van der Waals surface area contributed by atoms with Crippen LogP contribution in [0, 0.1) is 12.7 Å². The monoisotopic (exact) mass is 432 g/mol. The Morgan fingerprint density at radius 2 is 1.97 bits per heavy atom. The van der Waals surface area contributed by atoms with Gasteiger partial charge in [0.1, 0.15) is 30.0 Å². The summed E-state index contributed by atoms with van der Waals surface area (Å²) in [6, 6.07) is 14.3. The molecule has 1 saturated heterocycles. The number of carbonyl (C=O) groups is 1. The average molecular weight is 432 g/mol. The minimum absolute atomic E-state index is 0.0230. The van der Waals surface area contributed by atoms with Crippen LogP contribution in [0.25, 0.3) is 11.0 Å².